The molecule has 0 amide bonds. The molecule has 1 atom stereocenters. The third kappa shape index (κ3) is 2.95. The van der Waals surface area contributed by atoms with Crippen LogP contribution in [0.1, 0.15) is 66.2 Å². The van der Waals surface area contributed by atoms with E-state index in [1.54, 1.807) is 11.3 Å². The Morgan fingerprint density at radius 1 is 1.32 bits per heavy atom. The summed E-state index contributed by atoms with van der Waals surface area (Å²) in [4.78, 5) is 15.2. The molecule has 0 radical (unpaired) electrons. The number of hydrogen-bond donors (Lipinski definition) is 1. The van der Waals surface area contributed by atoms with Crippen LogP contribution in [0.4, 0.5) is 0 Å². The number of carbonyl (C=O) groups is 1. The maximum Gasteiger partial charge on any atom is 0.336 e. The van der Waals surface area contributed by atoms with E-state index < -0.39 is 5.97 Å². The second-order valence-electron chi connectivity index (χ2n) is 7.36. The largest absolute Gasteiger partial charge is 0.478 e. The number of rotatable bonds is 4. The third-order valence-corrected chi connectivity index (χ3v) is 7.06. The highest BCUT2D eigenvalue weighted by Gasteiger charge is 2.34. The molecule has 1 N–H and O–H groups in total. The van der Waals surface area contributed by atoms with Gasteiger partial charge in [0.15, 0.2) is 0 Å². The van der Waals surface area contributed by atoms with E-state index >= 15 is 0 Å². The highest BCUT2D eigenvalue weighted by molar-refractivity contribution is 7.10. The Morgan fingerprint density at radius 3 is 2.45 bits per heavy atom. The first-order chi connectivity index (χ1) is 10.5. The van der Waals surface area contributed by atoms with Gasteiger partial charge in [0.25, 0.3) is 0 Å². The van der Waals surface area contributed by atoms with Crippen molar-refractivity contribution in [3.05, 3.63) is 21.4 Å². The molecule has 0 aromatic carbocycles. The normalized spacial score (nSPS) is 28.3. The molecule has 1 aromatic rings. The molecule has 2 aliphatic rings. The van der Waals surface area contributed by atoms with Crippen LogP contribution in [0.25, 0.3) is 0 Å². The zero-order valence-electron chi connectivity index (χ0n) is 13.8. The Labute approximate surface area is 137 Å². The minimum atomic E-state index is -0.789. The van der Waals surface area contributed by atoms with Crippen molar-refractivity contribution >= 4 is 17.3 Å². The zero-order valence-corrected chi connectivity index (χ0v) is 14.7. The van der Waals surface area contributed by atoms with E-state index in [0.717, 1.165) is 17.5 Å². The average Bonchev–Trinajstić information content (AvgIpc) is 2.85. The lowest BCUT2D eigenvalue weighted by Gasteiger charge is -2.46. The van der Waals surface area contributed by atoms with Gasteiger partial charge >= 0.3 is 5.97 Å². The third-order valence-electron chi connectivity index (χ3n) is 5.78. The van der Waals surface area contributed by atoms with Crippen LogP contribution in [-0.2, 0) is 0 Å². The van der Waals surface area contributed by atoms with Crippen molar-refractivity contribution in [3.8, 4) is 0 Å². The highest BCUT2D eigenvalue weighted by Crippen LogP contribution is 2.41. The molecular formula is C18H27NO2S. The summed E-state index contributed by atoms with van der Waals surface area (Å²) in [6.07, 6.45) is 5.21. The summed E-state index contributed by atoms with van der Waals surface area (Å²) in [5.41, 5.74) is 1.48. The van der Waals surface area contributed by atoms with E-state index in [4.69, 9.17) is 0 Å². The predicted molar refractivity (Wildman–Crippen MR) is 90.9 cm³/mol. The predicted octanol–water partition coefficient (Wildman–Crippen LogP) is 4.37. The quantitative estimate of drug-likeness (QED) is 0.895. The van der Waals surface area contributed by atoms with E-state index in [9.17, 15) is 9.90 Å². The lowest BCUT2D eigenvalue weighted by molar-refractivity contribution is 0.0339. The van der Waals surface area contributed by atoms with E-state index in [1.807, 2.05) is 12.3 Å². The summed E-state index contributed by atoms with van der Waals surface area (Å²) < 4.78 is 0. The Balaban J connectivity index is 1.60. The molecule has 3 rings (SSSR count). The zero-order chi connectivity index (χ0) is 15.9. The molecule has 2 heterocycles. The molecule has 2 fully saturated rings. The first-order valence-corrected chi connectivity index (χ1v) is 9.40. The fraction of sp³-hybridized carbons (Fsp3) is 0.722. The molecule has 1 aromatic heterocycles. The summed E-state index contributed by atoms with van der Waals surface area (Å²) >= 11 is 1.64. The molecule has 122 valence electrons. The maximum absolute atomic E-state index is 11.2. The van der Waals surface area contributed by atoms with E-state index in [-0.39, 0.29) is 0 Å². The van der Waals surface area contributed by atoms with E-state index in [0.29, 0.717) is 17.4 Å². The summed E-state index contributed by atoms with van der Waals surface area (Å²) in [6, 6.07) is 0.804. The molecule has 1 aliphatic heterocycles. The van der Waals surface area contributed by atoms with Crippen LogP contribution >= 0.6 is 11.3 Å². The minimum Gasteiger partial charge on any atom is -0.478 e. The van der Waals surface area contributed by atoms with Crippen molar-refractivity contribution in [3.63, 3.8) is 0 Å². The van der Waals surface area contributed by atoms with Gasteiger partial charge in [0, 0.05) is 29.4 Å². The average molecular weight is 321 g/mol. The SMILES string of the molecule is Cc1c(C(=O)O)csc1C(C)[C@H]1CC[C@H](N2CC(C)C2)CC1. The van der Waals surface area contributed by atoms with Gasteiger partial charge in [0.05, 0.1) is 5.56 Å². The van der Waals surface area contributed by atoms with Crippen LogP contribution in [0, 0.1) is 18.8 Å². The summed E-state index contributed by atoms with van der Waals surface area (Å²) in [6.45, 7) is 9.18. The highest BCUT2D eigenvalue weighted by atomic mass is 32.1. The molecule has 1 saturated carbocycles. The molecule has 22 heavy (non-hydrogen) atoms. The van der Waals surface area contributed by atoms with Gasteiger partial charge in [0.1, 0.15) is 0 Å². The van der Waals surface area contributed by atoms with Crippen LogP contribution in [-0.4, -0.2) is 35.1 Å². The van der Waals surface area contributed by atoms with Gasteiger partial charge in [-0.3, -0.25) is 4.90 Å². The van der Waals surface area contributed by atoms with Gasteiger partial charge < -0.3 is 5.11 Å². The lowest BCUT2D eigenvalue weighted by atomic mass is 9.76. The van der Waals surface area contributed by atoms with Crippen molar-refractivity contribution in [2.45, 2.75) is 58.4 Å². The molecule has 0 bridgehead atoms. The van der Waals surface area contributed by atoms with Gasteiger partial charge in [-0.05, 0) is 55.9 Å². The number of hydrogen-bond acceptors (Lipinski definition) is 3. The molecule has 0 spiro atoms. The van der Waals surface area contributed by atoms with Gasteiger partial charge in [-0.2, -0.15) is 0 Å². The number of carboxylic acids is 1. The molecule has 1 aliphatic carbocycles. The molecule has 3 nitrogen and oxygen atoms in total. The number of nitrogens with zero attached hydrogens (tertiary/aromatic N) is 1. The number of thiophene rings is 1. The van der Waals surface area contributed by atoms with E-state index in [1.165, 1.54) is 43.6 Å². The second kappa shape index (κ2) is 6.32. The second-order valence-corrected chi connectivity index (χ2v) is 8.27. The van der Waals surface area contributed by atoms with Gasteiger partial charge in [-0.15, -0.1) is 11.3 Å². The summed E-state index contributed by atoms with van der Waals surface area (Å²) in [5.74, 6) is 1.31. The molecule has 4 heteroatoms. The molecular weight excluding hydrogens is 294 g/mol. The van der Waals surface area contributed by atoms with Gasteiger partial charge in [0.2, 0.25) is 0 Å². The van der Waals surface area contributed by atoms with Crippen LogP contribution in [0.2, 0.25) is 0 Å². The molecule has 1 unspecified atom stereocenters. The van der Waals surface area contributed by atoms with Crippen LogP contribution in [0.3, 0.4) is 0 Å². The van der Waals surface area contributed by atoms with Crippen molar-refractivity contribution in [2.24, 2.45) is 11.8 Å². The number of likely N-dealkylation sites (tertiary alicyclic amines) is 1. The van der Waals surface area contributed by atoms with Gasteiger partial charge in [-0.25, -0.2) is 4.79 Å². The van der Waals surface area contributed by atoms with Crippen molar-refractivity contribution in [1.29, 1.82) is 0 Å². The minimum absolute atomic E-state index is 0.495. The number of aromatic carboxylic acids is 1. The first kappa shape index (κ1) is 16.0. The van der Waals surface area contributed by atoms with Crippen LogP contribution in [0.15, 0.2) is 5.38 Å². The lowest BCUT2D eigenvalue weighted by Crippen LogP contribution is -2.52. The summed E-state index contributed by atoms with van der Waals surface area (Å²) in [5, 5.41) is 11.0. The number of carboxylic acid groups (broad SMARTS) is 1. The van der Waals surface area contributed by atoms with Crippen molar-refractivity contribution in [2.75, 3.05) is 13.1 Å². The first-order valence-electron chi connectivity index (χ1n) is 8.52. The maximum atomic E-state index is 11.2. The standard InChI is InChI=1S/C18H27NO2S/c1-11-8-19(9-11)15-6-4-14(5-7-15)12(2)17-13(3)16(10-22-17)18(20)21/h10-12,14-15H,4-9H2,1-3H3,(H,20,21)/t12?,14-,15-. The topological polar surface area (TPSA) is 40.5 Å². The Kier molecular flexibility index (Phi) is 4.60. The Morgan fingerprint density at radius 2 is 1.95 bits per heavy atom. The fourth-order valence-electron chi connectivity index (χ4n) is 4.32. The fourth-order valence-corrected chi connectivity index (χ4v) is 5.53. The monoisotopic (exact) mass is 321 g/mol. The Hall–Kier alpha value is -0.870. The smallest absolute Gasteiger partial charge is 0.336 e. The molecule has 1 saturated heterocycles. The van der Waals surface area contributed by atoms with Gasteiger partial charge in [-0.1, -0.05) is 13.8 Å². The van der Waals surface area contributed by atoms with E-state index in [2.05, 4.69) is 18.7 Å². The van der Waals surface area contributed by atoms with Crippen molar-refractivity contribution < 1.29 is 9.90 Å². The summed E-state index contributed by atoms with van der Waals surface area (Å²) in [7, 11) is 0. The van der Waals surface area contributed by atoms with Crippen LogP contribution in [0.5, 0.6) is 0 Å². The van der Waals surface area contributed by atoms with Crippen LogP contribution < -0.4 is 0 Å². The Bertz CT molecular complexity index is 539. The van der Waals surface area contributed by atoms with Crippen molar-refractivity contribution in [1.82, 2.24) is 4.90 Å².